The average Bonchev–Trinajstić information content (AvgIpc) is 2.28. The molecule has 1 N–H and O–H groups in total. The normalized spacial score (nSPS) is 14.1. The summed E-state index contributed by atoms with van der Waals surface area (Å²) in [7, 11) is 0. The van der Waals surface area contributed by atoms with Gasteiger partial charge in [-0.15, -0.1) is 0 Å². The van der Waals surface area contributed by atoms with Crippen LogP contribution in [0.1, 0.15) is 27.7 Å². The average molecular weight is 270 g/mol. The molecule has 0 radical (unpaired) electrons. The number of amides is 1. The van der Waals surface area contributed by atoms with Crippen LogP contribution in [0.5, 0.6) is 5.75 Å². The Morgan fingerprint density at radius 3 is 2.50 bits per heavy atom. The van der Waals surface area contributed by atoms with Gasteiger partial charge in [0.1, 0.15) is 5.75 Å². The second kappa shape index (κ2) is 6.64. The number of hydrogen-bond donors (Lipinski definition) is 1. The van der Waals surface area contributed by atoms with Crippen molar-refractivity contribution in [2.24, 2.45) is 5.92 Å². The molecule has 0 unspecified atom stereocenters. The van der Waals surface area contributed by atoms with Gasteiger partial charge in [-0.05, 0) is 38.0 Å². The minimum atomic E-state index is -0.537. The van der Waals surface area contributed by atoms with Crippen LogP contribution in [0, 0.1) is 5.92 Å². The second-order valence-corrected chi connectivity index (χ2v) is 5.20. The molecule has 3 nitrogen and oxygen atoms in total. The Hall–Kier alpha value is -1.22. The van der Waals surface area contributed by atoms with Crippen LogP contribution in [0.15, 0.2) is 24.3 Å². The molecule has 0 heterocycles. The third kappa shape index (κ3) is 4.57. The lowest BCUT2D eigenvalue weighted by Gasteiger charge is -2.21. The van der Waals surface area contributed by atoms with E-state index in [0.29, 0.717) is 16.7 Å². The number of carbonyl (C=O) groups excluding carboxylic acids is 1. The van der Waals surface area contributed by atoms with Crippen LogP contribution in [0.3, 0.4) is 0 Å². The molecule has 1 rings (SSSR count). The Kier molecular flexibility index (Phi) is 5.48. The first-order valence-electron chi connectivity index (χ1n) is 6.12. The van der Waals surface area contributed by atoms with Gasteiger partial charge in [-0.25, -0.2) is 0 Å². The predicted molar refractivity (Wildman–Crippen MR) is 74.0 cm³/mol. The van der Waals surface area contributed by atoms with Crippen molar-refractivity contribution in [1.29, 1.82) is 0 Å². The van der Waals surface area contributed by atoms with Gasteiger partial charge in [-0.3, -0.25) is 4.79 Å². The molecule has 1 aromatic carbocycles. The third-order valence-electron chi connectivity index (χ3n) is 2.85. The summed E-state index contributed by atoms with van der Waals surface area (Å²) in [6.45, 7) is 7.83. The quantitative estimate of drug-likeness (QED) is 0.891. The first-order valence-corrected chi connectivity index (χ1v) is 6.50. The molecule has 18 heavy (non-hydrogen) atoms. The molecule has 0 aliphatic carbocycles. The number of benzene rings is 1. The van der Waals surface area contributed by atoms with Crippen LogP contribution in [0.4, 0.5) is 0 Å². The zero-order valence-corrected chi connectivity index (χ0v) is 12.0. The fourth-order valence-corrected chi connectivity index (χ4v) is 1.49. The van der Waals surface area contributed by atoms with E-state index in [9.17, 15) is 4.79 Å². The SMILES string of the molecule is CC(C)[C@H](C)NC(=O)[C@H](C)Oc1cccc(Cl)c1. The van der Waals surface area contributed by atoms with Gasteiger partial charge in [-0.1, -0.05) is 31.5 Å². The number of rotatable bonds is 5. The highest BCUT2D eigenvalue weighted by molar-refractivity contribution is 6.30. The van der Waals surface area contributed by atoms with Gasteiger partial charge in [-0.2, -0.15) is 0 Å². The van der Waals surface area contributed by atoms with E-state index in [1.165, 1.54) is 0 Å². The number of hydrogen-bond acceptors (Lipinski definition) is 2. The molecule has 0 spiro atoms. The van der Waals surface area contributed by atoms with Crippen molar-refractivity contribution in [3.8, 4) is 5.75 Å². The van der Waals surface area contributed by atoms with Crippen molar-refractivity contribution in [3.63, 3.8) is 0 Å². The lowest BCUT2D eigenvalue weighted by Crippen LogP contribution is -2.43. The highest BCUT2D eigenvalue weighted by atomic mass is 35.5. The molecule has 2 atom stereocenters. The van der Waals surface area contributed by atoms with Crippen LogP contribution in [0.2, 0.25) is 5.02 Å². The largest absolute Gasteiger partial charge is 0.481 e. The van der Waals surface area contributed by atoms with Crippen molar-refractivity contribution in [3.05, 3.63) is 29.3 Å². The minimum absolute atomic E-state index is 0.115. The van der Waals surface area contributed by atoms with Crippen molar-refractivity contribution < 1.29 is 9.53 Å². The first kappa shape index (κ1) is 14.8. The van der Waals surface area contributed by atoms with Crippen LogP contribution in [-0.2, 0) is 4.79 Å². The standard InChI is InChI=1S/C14H20ClNO2/c1-9(2)10(3)16-14(17)11(4)18-13-7-5-6-12(15)8-13/h5-11H,1-4H3,(H,16,17)/t10-,11-/m0/s1. The summed E-state index contributed by atoms with van der Waals surface area (Å²) >= 11 is 5.85. The number of halogens is 1. The maximum Gasteiger partial charge on any atom is 0.260 e. The van der Waals surface area contributed by atoms with E-state index in [4.69, 9.17) is 16.3 Å². The number of carbonyl (C=O) groups is 1. The maximum absolute atomic E-state index is 11.9. The fraction of sp³-hybridized carbons (Fsp3) is 0.500. The second-order valence-electron chi connectivity index (χ2n) is 4.76. The first-order chi connectivity index (χ1) is 8.40. The van der Waals surface area contributed by atoms with Crippen molar-refractivity contribution >= 4 is 17.5 Å². The summed E-state index contributed by atoms with van der Waals surface area (Å²) < 4.78 is 5.54. The Balaban J connectivity index is 2.55. The van der Waals surface area contributed by atoms with Gasteiger partial charge in [0, 0.05) is 11.1 Å². The monoisotopic (exact) mass is 269 g/mol. The highest BCUT2D eigenvalue weighted by Crippen LogP contribution is 2.18. The molecule has 100 valence electrons. The van der Waals surface area contributed by atoms with Crippen LogP contribution >= 0.6 is 11.6 Å². The molecule has 0 aliphatic rings. The van der Waals surface area contributed by atoms with E-state index in [1.807, 2.05) is 6.92 Å². The summed E-state index contributed by atoms with van der Waals surface area (Å²) in [5.41, 5.74) is 0. The summed E-state index contributed by atoms with van der Waals surface area (Å²) in [6, 6.07) is 7.15. The Labute approximate surface area is 113 Å². The Morgan fingerprint density at radius 2 is 1.94 bits per heavy atom. The van der Waals surface area contributed by atoms with E-state index in [1.54, 1.807) is 31.2 Å². The molecule has 0 saturated carbocycles. The van der Waals surface area contributed by atoms with Crippen molar-refractivity contribution in [1.82, 2.24) is 5.32 Å². The molecule has 4 heteroatoms. The van der Waals surface area contributed by atoms with Crippen LogP contribution in [-0.4, -0.2) is 18.1 Å². The molecule has 0 fully saturated rings. The van der Waals surface area contributed by atoms with Crippen molar-refractivity contribution in [2.45, 2.75) is 39.8 Å². The number of nitrogens with one attached hydrogen (secondary N) is 1. The highest BCUT2D eigenvalue weighted by Gasteiger charge is 2.18. The van der Waals surface area contributed by atoms with Gasteiger partial charge in [0.25, 0.3) is 5.91 Å². The van der Waals surface area contributed by atoms with Gasteiger partial charge >= 0.3 is 0 Å². The molecular formula is C14H20ClNO2. The molecule has 0 bridgehead atoms. The smallest absolute Gasteiger partial charge is 0.260 e. The predicted octanol–water partition coefficient (Wildman–Crippen LogP) is 3.27. The Bertz CT molecular complexity index is 407. The third-order valence-corrected chi connectivity index (χ3v) is 3.08. The fourth-order valence-electron chi connectivity index (χ4n) is 1.31. The lowest BCUT2D eigenvalue weighted by molar-refractivity contribution is -0.128. The van der Waals surface area contributed by atoms with Gasteiger partial charge < -0.3 is 10.1 Å². The molecule has 1 aromatic rings. The van der Waals surface area contributed by atoms with Gasteiger partial charge in [0.2, 0.25) is 0 Å². The van der Waals surface area contributed by atoms with Gasteiger partial charge in [0.05, 0.1) is 0 Å². The minimum Gasteiger partial charge on any atom is -0.481 e. The summed E-state index contributed by atoms with van der Waals surface area (Å²) in [4.78, 5) is 11.9. The lowest BCUT2D eigenvalue weighted by atomic mass is 10.1. The zero-order valence-electron chi connectivity index (χ0n) is 11.2. The van der Waals surface area contributed by atoms with E-state index in [0.717, 1.165) is 0 Å². The molecular weight excluding hydrogens is 250 g/mol. The molecule has 0 aromatic heterocycles. The molecule has 0 aliphatic heterocycles. The topological polar surface area (TPSA) is 38.3 Å². The molecule has 0 saturated heterocycles. The molecule has 1 amide bonds. The zero-order chi connectivity index (χ0) is 13.7. The summed E-state index contributed by atoms with van der Waals surface area (Å²) in [6.07, 6.45) is -0.537. The number of ether oxygens (including phenoxy) is 1. The van der Waals surface area contributed by atoms with Crippen molar-refractivity contribution in [2.75, 3.05) is 0 Å². The van der Waals surface area contributed by atoms with E-state index in [2.05, 4.69) is 19.2 Å². The van der Waals surface area contributed by atoms with Crippen LogP contribution < -0.4 is 10.1 Å². The summed E-state index contributed by atoms with van der Waals surface area (Å²) in [5.74, 6) is 0.880. The summed E-state index contributed by atoms with van der Waals surface area (Å²) in [5, 5.41) is 3.51. The Morgan fingerprint density at radius 1 is 1.28 bits per heavy atom. The van der Waals surface area contributed by atoms with Gasteiger partial charge in [0.15, 0.2) is 6.10 Å². The van der Waals surface area contributed by atoms with E-state index >= 15 is 0 Å². The van der Waals surface area contributed by atoms with E-state index in [-0.39, 0.29) is 11.9 Å². The van der Waals surface area contributed by atoms with Crippen LogP contribution in [0.25, 0.3) is 0 Å². The maximum atomic E-state index is 11.9. The van der Waals surface area contributed by atoms with E-state index < -0.39 is 6.10 Å².